The molecule has 0 fully saturated rings. The lowest BCUT2D eigenvalue weighted by Gasteiger charge is -1.97. The Morgan fingerprint density at radius 3 is 2.93 bits per heavy atom. The lowest BCUT2D eigenvalue weighted by atomic mass is 10.4. The smallest absolute Gasteiger partial charge is 0.252 e. The molecule has 0 saturated carbocycles. The van der Waals surface area contributed by atoms with Crippen LogP contribution < -0.4 is 0 Å². The van der Waals surface area contributed by atoms with Crippen LogP contribution in [0.1, 0.15) is 13.3 Å². The Morgan fingerprint density at radius 2 is 2.40 bits per heavy atom. The molecule has 0 unspecified atom stereocenters. The summed E-state index contributed by atoms with van der Waals surface area (Å²) < 4.78 is 0. The number of hydrogen-bond acceptors (Lipinski definition) is 3. The Hall–Kier alpha value is -1.00. The lowest BCUT2D eigenvalue weighted by Crippen LogP contribution is -1.95. The first kappa shape index (κ1) is 12.1. The van der Waals surface area contributed by atoms with E-state index in [0.29, 0.717) is 11.4 Å². The molecule has 0 saturated heterocycles. The molecule has 80 valence electrons. The zero-order valence-electron chi connectivity index (χ0n) is 8.14. The van der Waals surface area contributed by atoms with Gasteiger partial charge in [0.15, 0.2) is 0 Å². The van der Waals surface area contributed by atoms with E-state index in [1.807, 2.05) is 12.1 Å². The van der Waals surface area contributed by atoms with E-state index in [4.69, 9.17) is 11.6 Å². The zero-order chi connectivity index (χ0) is 11.3. The SMILES string of the molecule is CCC(=CSc1cccc(Cl)c1)[N+](=O)[O-]. The minimum atomic E-state index is -0.364. The quantitative estimate of drug-likeness (QED) is 0.457. The first-order valence-corrected chi connectivity index (χ1v) is 5.65. The second-order valence-corrected chi connectivity index (χ2v) is 4.17. The Kier molecular flexibility index (Phi) is 4.65. The molecule has 0 amide bonds. The summed E-state index contributed by atoms with van der Waals surface area (Å²) in [4.78, 5) is 11.1. The number of benzene rings is 1. The average Bonchev–Trinajstić information content (AvgIpc) is 2.18. The molecule has 0 aliphatic carbocycles. The minimum absolute atomic E-state index is 0.208. The van der Waals surface area contributed by atoms with E-state index < -0.39 is 0 Å². The van der Waals surface area contributed by atoms with Crippen molar-refractivity contribution in [3.05, 3.63) is 50.5 Å². The van der Waals surface area contributed by atoms with Gasteiger partial charge in [0.05, 0.1) is 4.92 Å². The number of thioether (sulfide) groups is 1. The van der Waals surface area contributed by atoms with Gasteiger partial charge in [-0.05, 0) is 18.2 Å². The fourth-order valence-electron chi connectivity index (χ4n) is 0.932. The summed E-state index contributed by atoms with van der Waals surface area (Å²) in [7, 11) is 0. The number of halogens is 1. The van der Waals surface area contributed by atoms with Crippen LogP contribution in [-0.2, 0) is 0 Å². The summed E-state index contributed by atoms with van der Waals surface area (Å²) >= 11 is 7.10. The fraction of sp³-hybridized carbons (Fsp3) is 0.200. The summed E-state index contributed by atoms with van der Waals surface area (Å²) in [6.45, 7) is 1.76. The van der Waals surface area contributed by atoms with Gasteiger partial charge in [-0.1, -0.05) is 36.4 Å². The van der Waals surface area contributed by atoms with Gasteiger partial charge in [0, 0.05) is 21.7 Å². The monoisotopic (exact) mass is 243 g/mol. The van der Waals surface area contributed by atoms with Crippen molar-refractivity contribution in [2.24, 2.45) is 0 Å². The van der Waals surface area contributed by atoms with Crippen LogP contribution >= 0.6 is 23.4 Å². The molecule has 0 atom stereocenters. The lowest BCUT2D eigenvalue weighted by molar-refractivity contribution is -0.427. The van der Waals surface area contributed by atoms with E-state index in [-0.39, 0.29) is 10.6 Å². The third-order valence-corrected chi connectivity index (χ3v) is 2.87. The summed E-state index contributed by atoms with van der Waals surface area (Å²) in [5, 5.41) is 12.7. The Bertz CT molecular complexity index is 393. The highest BCUT2D eigenvalue weighted by molar-refractivity contribution is 8.02. The molecule has 0 bridgehead atoms. The molecule has 3 nitrogen and oxygen atoms in total. The summed E-state index contributed by atoms with van der Waals surface area (Å²) in [6, 6.07) is 7.22. The molecule has 1 aromatic carbocycles. The van der Waals surface area contributed by atoms with Crippen molar-refractivity contribution in [3.8, 4) is 0 Å². The van der Waals surface area contributed by atoms with Gasteiger partial charge in [-0.25, -0.2) is 0 Å². The Labute approximate surface area is 97.3 Å². The predicted molar refractivity (Wildman–Crippen MR) is 62.7 cm³/mol. The molecule has 5 heteroatoms. The first-order valence-electron chi connectivity index (χ1n) is 4.39. The Balaban J connectivity index is 2.74. The largest absolute Gasteiger partial charge is 0.259 e. The molecule has 1 aromatic rings. The van der Waals surface area contributed by atoms with E-state index >= 15 is 0 Å². The van der Waals surface area contributed by atoms with Gasteiger partial charge in [-0.2, -0.15) is 0 Å². The highest BCUT2D eigenvalue weighted by Crippen LogP contribution is 2.24. The third kappa shape index (κ3) is 3.93. The fourth-order valence-corrected chi connectivity index (χ4v) is 2.06. The molecular weight excluding hydrogens is 234 g/mol. The van der Waals surface area contributed by atoms with E-state index in [0.717, 1.165) is 4.90 Å². The molecule has 0 radical (unpaired) electrons. The van der Waals surface area contributed by atoms with Crippen LogP contribution in [-0.4, -0.2) is 4.92 Å². The van der Waals surface area contributed by atoms with Crippen LogP contribution in [0, 0.1) is 10.1 Å². The molecule has 15 heavy (non-hydrogen) atoms. The van der Waals surface area contributed by atoms with E-state index in [1.165, 1.54) is 11.8 Å². The van der Waals surface area contributed by atoms with Crippen LogP contribution in [0.5, 0.6) is 0 Å². The summed E-state index contributed by atoms with van der Waals surface area (Å²) in [5.41, 5.74) is 0.208. The maximum absolute atomic E-state index is 10.5. The average molecular weight is 244 g/mol. The maximum atomic E-state index is 10.5. The number of allylic oxidation sites excluding steroid dienone is 1. The van der Waals surface area contributed by atoms with Gasteiger partial charge in [-0.3, -0.25) is 10.1 Å². The van der Waals surface area contributed by atoms with Crippen molar-refractivity contribution < 1.29 is 4.92 Å². The van der Waals surface area contributed by atoms with Crippen LogP contribution in [0.25, 0.3) is 0 Å². The van der Waals surface area contributed by atoms with Gasteiger partial charge in [0.1, 0.15) is 0 Å². The van der Waals surface area contributed by atoms with Crippen molar-refractivity contribution in [2.45, 2.75) is 18.2 Å². The third-order valence-electron chi connectivity index (χ3n) is 1.72. The van der Waals surface area contributed by atoms with Gasteiger partial charge in [0.2, 0.25) is 0 Å². The van der Waals surface area contributed by atoms with E-state index in [9.17, 15) is 10.1 Å². The number of nitro groups is 1. The van der Waals surface area contributed by atoms with Crippen molar-refractivity contribution >= 4 is 23.4 Å². The van der Waals surface area contributed by atoms with Gasteiger partial charge < -0.3 is 0 Å². The topological polar surface area (TPSA) is 43.1 Å². The van der Waals surface area contributed by atoms with Crippen molar-refractivity contribution in [1.82, 2.24) is 0 Å². The number of nitrogens with zero attached hydrogens (tertiary/aromatic N) is 1. The molecule has 0 N–H and O–H groups in total. The maximum Gasteiger partial charge on any atom is 0.252 e. The Morgan fingerprint density at radius 1 is 1.67 bits per heavy atom. The first-order chi connectivity index (χ1) is 7.13. The second-order valence-electron chi connectivity index (χ2n) is 2.80. The standard InChI is InChI=1S/C10H10ClNO2S/c1-2-9(12(13)14)7-15-10-5-3-4-8(11)6-10/h3-7H,2H2,1H3. The molecule has 0 aromatic heterocycles. The molecule has 0 spiro atoms. The highest BCUT2D eigenvalue weighted by atomic mass is 35.5. The molecular formula is C10H10ClNO2S. The second kappa shape index (κ2) is 5.78. The minimum Gasteiger partial charge on any atom is -0.259 e. The van der Waals surface area contributed by atoms with E-state index in [2.05, 4.69) is 0 Å². The molecule has 0 aliphatic rings. The van der Waals surface area contributed by atoms with E-state index in [1.54, 1.807) is 24.5 Å². The van der Waals surface area contributed by atoms with Gasteiger partial charge in [-0.15, -0.1) is 0 Å². The van der Waals surface area contributed by atoms with Crippen LogP contribution in [0.4, 0.5) is 0 Å². The van der Waals surface area contributed by atoms with Crippen LogP contribution in [0.15, 0.2) is 40.3 Å². The molecule has 0 heterocycles. The zero-order valence-corrected chi connectivity index (χ0v) is 9.72. The molecule has 1 rings (SSSR count). The highest BCUT2D eigenvalue weighted by Gasteiger charge is 2.06. The number of rotatable bonds is 4. The van der Waals surface area contributed by atoms with Gasteiger partial charge >= 0.3 is 0 Å². The number of hydrogen-bond donors (Lipinski definition) is 0. The van der Waals surface area contributed by atoms with Crippen molar-refractivity contribution in [3.63, 3.8) is 0 Å². The van der Waals surface area contributed by atoms with Crippen LogP contribution in [0.2, 0.25) is 5.02 Å². The normalized spacial score (nSPS) is 11.5. The van der Waals surface area contributed by atoms with Crippen molar-refractivity contribution in [1.29, 1.82) is 0 Å². The summed E-state index contributed by atoms with van der Waals surface area (Å²) in [5.74, 6) is 0. The van der Waals surface area contributed by atoms with Crippen LogP contribution in [0.3, 0.4) is 0 Å². The summed E-state index contributed by atoms with van der Waals surface area (Å²) in [6.07, 6.45) is 0.417. The van der Waals surface area contributed by atoms with Gasteiger partial charge in [0.25, 0.3) is 5.70 Å². The predicted octanol–water partition coefficient (Wildman–Crippen LogP) is 3.96. The van der Waals surface area contributed by atoms with Crippen molar-refractivity contribution in [2.75, 3.05) is 0 Å². The molecule has 0 aliphatic heterocycles.